The maximum absolute atomic E-state index is 12.5. The normalized spacial score (nSPS) is 28.1. The number of nitrogens with zero attached hydrogens (tertiary/aromatic N) is 1. The van der Waals surface area contributed by atoms with Crippen LogP contribution in [0.4, 0.5) is 0 Å². The summed E-state index contributed by atoms with van der Waals surface area (Å²) in [7, 11) is 1.73. The molecular formula is C23H35NO4. The number of methoxy groups -OCH3 is 1. The van der Waals surface area contributed by atoms with Gasteiger partial charge in [-0.1, -0.05) is 12.1 Å². The highest BCUT2D eigenvalue weighted by Gasteiger charge is 2.45. The van der Waals surface area contributed by atoms with Gasteiger partial charge in [0.25, 0.3) is 0 Å². The Labute approximate surface area is 169 Å². The fourth-order valence-electron chi connectivity index (χ4n) is 5.05. The maximum Gasteiger partial charge on any atom is 0.314 e. The Morgan fingerprint density at radius 3 is 2.04 bits per heavy atom. The number of piperidine rings is 1. The summed E-state index contributed by atoms with van der Waals surface area (Å²) in [6, 6.07) is 7.93. The van der Waals surface area contributed by atoms with Crippen LogP contribution in [0.15, 0.2) is 24.3 Å². The first-order valence-corrected chi connectivity index (χ1v) is 10.5. The summed E-state index contributed by atoms with van der Waals surface area (Å²) in [5, 5.41) is 12.0. The second-order valence-electron chi connectivity index (χ2n) is 9.74. The Morgan fingerprint density at radius 2 is 1.54 bits per heavy atom. The number of benzene rings is 1. The van der Waals surface area contributed by atoms with Crippen molar-refractivity contribution < 1.29 is 19.5 Å². The lowest BCUT2D eigenvalue weighted by Gasteiger charge is -2.51. The summed E-state index contributed by atoms with van der Waals surface area (Å²) < 4.78 is 11.0. The average molecular weight is 390 g/mol. The molecule has 1 aliphatic heterocycles. The van der Waals surface area contributed by atoms with Crippen LogP contribution >= 0.6 is 0 Å². The van der Waals surface area contributed by atoms with E-state index in [1.54, 1.807) is 7.11 Å². The predicted octanol–water partition coefficient (Wildman–Crippen LogP) is 4.92. The highest BCUT2D eigenvalue weighted by atomic mass is 16.5. The van der Waals surface area contributed by atoms with Crippen molar-refractivity contribution in [3.05, 3.63) is 29.8 Å². The van der Waals surface area contributed by atoms with Crippen molar-refractivity contribution in [1.82, 2.24) is 5.06 Å². The van der Waals surface area contributed by atoms with Crippen LogP contribution in [0, 0.1) is 5.92 Å². The van der Waals surface area contributed by atoms with E-state index in [-0.39, 0.29) is 29.1 Å². The molecular weight excluding hydrogens is 354 g/mol. The van der Waals surface area contributed by atoms with Crippen LogP contribution in [-0.4, -0.2) is 40.5 Å². The standard InChI is InChI=1S/C23H35NO4/c1-22(2)14-18(15-23(3,4)24(22)26)16-6-12-20(13-7-16)28-21(25)17-8-10-19(27-5)11-9-17/h6-7,12-13,17-19,26H,8-11,14-15H2,1-5H3. The Hall–Kier alpha value is -1.43. The zero-order valence-corrected chi connectivity index (χ0v) is 17.9. The number of ether oxygens (including phenoxy) is 2. The number of hydroxylamine groups is 2. The lowest BCUT2D eigenvalue weighted by molar-refractivity contribution is -0.245. The van der Waals surface area contributed by atoms with E-state index in [1.807, 2.05) is 12.1 Å². The molecule has 1 saturated carbocycles. The molecule has 2 aliphatic rings. The number of esters is 1. The molecule has 1 saturated heterocycles. The van der Waals surface area contributed by atoms with Crippen molar-refractivity contribution in [3.63, 3.8) is 0 Å². The monoisotopic (exact) mass is 389 g/mol. The van der Waals surface area contributed by atoms with Crippen molar-refractivity contribution in [2.45, 2.75) is 89.3 Å². The molecule has 1 aliphatic carbocycles. The van der Waals surface area contributed by atoms with E-state index >= 15 is 0 Å². The van der Waals surface area contributed by atoms with E-state index in [0.717, 1.165) is 38.5 Å². The van der Waals surface area contributed by atoms with Crippen molar-refractivity contribution in [1.29, 1.82) is 0 Å². The molecule has 0 unspecified atom stereocenters. The molecule has 0 atom stereocenters. The molecule has 5 nitrogen and oxygen atoms in total. The fourth-order valence-corrected chi connectivity index (χ4v) is 5.05. The van der Waals surface area contributed by atoms with Crippen molar-refractivity contribution in [2.75, 3.05) is 7.11 Å². The Balaban J connectivity index is 1.61. The summed E-state index contributed by atoms with van der Waals surface area (Å²) in [6.45, 7) is 8.31. The predicted molar refractivity (Wildman–Crippen MR) is 109 cm³/mol. The molecule has 1 N–H and O–H groups in total. The van der Waals surface area contributed by atoms with Crippen LogP contribution in [0.3, 0.4) is 0 Å². The zero-order valence-electron chi connectivity index (χ0n) is 17.9. The Morgan fingerprint density at radius 1 is 1.00 bits per heavy atom. The number of carbonyl (C=O) groups is 1. The topological polar surface area (TPSA) is 59.0 Å². The van der Waals surface area contributed by atoms with Crippen LogP contribution < -0.4 is 4.74 Å². The molecule has 2 fully saturated rings. The minimum Gasteiger partial charge on any atom is -0.426 e. The molecule has 1 aromatic carbocycles. The summed E-state index contributed by atoms with van der Waals surface area (Å²) in [6.07, 6.45) is 5.55. The maximum atomic E-state index is 12.5. The van der Waals surface area contributed by atoms with Gasteiger partial charge in [-0.3, -0.25) is 4.79 Å². The van der Waals surface area contributed by atoms with Gasteiger partial charge in [-0.05, 0) is 89.8 Å². The van der Waals surface area contributed by atoms with Crippen molar-refractivity contribution in [2.24, 2.45) is 5.92 Å². The van der Waals surface area contributed by atoms with Crippen LogP contribution in [0.5, 0.6) is 5.75 Å². The van der Waals surface area contributed by atoms with Gasteiger partial charge in [0.05, 0.1) is 12.0 Å². The summed E-state index contributed by atoms with van der Waals surface area (Å²) >= 11 is 0. The van der Waals surface area contributed by atoms with Crippen LogP contribution in [0.2, 0.25) is 0 Å². The van der Waals surface area contributed by atoms with Gasteiger partial charge >= 0.3 is 5.97 Å². The molecule has 3 rings (SSSR count). The summed E-state index contributed by atoms with van der Waals surface area (Å²) in [4.78, 5) is 12.5. The molecule has 1 heterocycles. The molecule has 0 spiro atoms. The second-order valence-corrected chi connectivity index (χ2v) is 9.74. The molecule has 156 valence electrons. The van der Waals surface area contributed by atoms with E-state index in [1.165, 1.54) is 10.6 Å². The fraction of sp³-hybridized carbons (Fsp3) is 0.696. The zero-order chi connectivity index (χ0) is 20.5. The molecule has 0 bridgehead atoms. The molecule has 0 amide bonds. The molecule has 1 aromatic rings. The third-order valence-electron chi connectivity index (χ3n) is 6.55. The van der Waals surface area contributed by atoms with E-state index in [0.29, 0.717) is 11.7 Å². The molecule has 0 aromatic heterocycles. The minimum absolute atomic E-state index is 0.0263. The largest absolute Gasteiger partial charge is 0.426 e. The summed E-state index contributed by atoms with van der Waals surface area (Å²) in [5.41, 5.74) is 0.673. The highest BCUT2D eigenvalue weighted by molar-refractivity contribution is 5.75. The first kappa shape index (κ1) is 21.3. The minimum atomic E-state index is -0.279. The average Bonchev–Trinajstić information content (AvgIpc) is 2.66. The van der Waals surface area contributed by atoms with Gasteiger partial charge in [-0.2, -0.15) is 5.06 Å². The van der Waals surface area contributed by atoms with Gasteiger partial charge in [0.1, 0.15) is 5.75 Å². The smallest absolute Gasteiger partial charge is 0.314 e. The van der Waals surface area contributed by atoms with Gasteiger partial charge < -0.3 is 14.7 Å². The van der Waals surface area contributed by atoms with E-state index in [4.69, 9.17) is 9.47 Å². The van der Waals surface area contributed by atoms with Gasteiger partial charge in [-0.15, -0.1) is 0 Å². The third-order valence-corrected chi connectivity index (χ3v) is 6.55. The first-order valence-electron chi connectivity index (χ1n) is 10.5. The second kappa shape index (κ2) is 8.13. The van der Waals surface area contributed by atoms with E-state index < -0.39 is 0 Å². The van der Waals surface area contributed by atoms with Crippen molar-refractivity contribution in [3.8, 4) is 5.75 Å². The van der Waals surface area contributed by atoms with E-state index in [9.17, 15) is 10.0 Å². The summed E-state index contributed by atoms with van der Waals surface area (Å²) in [5.74, 6) is 0.822. The highest BCUT2D eigenvalue weighted by Crippen LogP contribution is 2.44. The van der Waals surface area contributed by atoms with Gasteiger partial charge in [0, 0.05) is 18.2 Å². The first-order chi connectivity index (χ1) is 13.1. The lowest BCUT2D eigenvalue weighted by atomic mass is 9.73. The van der Waals surface area contributed by atoms with Crippen molar-refractivity contribution >= 4 is 5.97 Å². The number of hydrogen-bond acceptors (Lipinski definition) is 5. The Kier molecular flexibility index (Phi) is 6.18. The number of carbonyl (C=O) groups excluding carboxylic acids is 1. The molecule has 28 heavy (non-hydrogen) atoms. The Bertz CT molecular complexity index is 656. The van der Waals surface area contributed by atoms with Crippen LogP contribution in [0.1, 0.15) is 77.7 Å². The number of rotatable bonds is 4. The van der Waals surface area contributed by atoms with Gasteiger partial charge in [0.2, 0.25) is 0 Å². The third kappa shape index (κ3) is 4.58. The van der Waals surface area contributed by atoms with Crippen LogP contribution in [0.25, 0.3) is 0 Å². The quantitative estimate of drug-likeness (QED) is 0.585. The van der Waals surface area contributed by atoms with Gasteiger partial charge in [0.15, 0.2) is 0 Å². The SMILES string of the molecule is COC1CCC(C(=O)Oc2ccc(C3CC(C)(C)N(O)C(C)(C)C3)cc2)CC1. The molecule has 0 radical (unpaired) electrons. The van der Waals surface area contributed by atoms with Gasteiger partial charge in [-0.25, -0.2) is 0 Å². The molecule has 5 heteroatoms. The lowest BCUT2D eigenvalue weighted by Crippen LogP contribution is -2.58. The van der Waals surface area contributed by atoms with Crippen LogP contribution in [-0.2, 0) is 9.53 Å². The number of hydrogen-bond donors (Lipinski definition) is 1. The van der Waals surface area contributed by atoms with E-state index in [2.05, 4.69) is 39.8 Å².